The molecule has 636 valence electrons. The minimum atomic E-state index is -4.07. The molecule has 13 rings (SSSR count). The Bertz CT molecular complexity index is 6150. The lowest BCUT2D eigenvalue weighted by Gasteiger charge is -2.12. The molecule has 0 bridgehead atoms. The van der Waals surface area contributed by atoms with Gasteiger partial charge in [-0.25, -0.2) is 67.1 Å². The highest BCUT2D eigenvalue weighted by molar-refractivity contribution is 7.91. The Labute approximate surface area is 699 Å². The first kappa shape index (κ1) is 91.0. The smallest absolute Gasteiger partial charge is 0.268 e. The fourth-order valence-corrected chi connectivity index (χ4v) is 18.0. The van der Waals surface area contributed by atoms with E-state index in [1.54, 1.807) is 132 Å². The summed E-state index contributed by atoms with van der Waals surface area (Å²) in [5.74, 6) is -1.56. The minimum absolute atomic E-state index is 0.00437. The van der Waals surface area contributed by atoms with Crippen molar-refractivity contribution in [1.82, 2.24) is 42.5 Å². The fourth-order valence-electron chi connectivity index (χ4n) is 12.3. The number of primary amides is 1. The zero-order chi connectivity index (χ0) is 87.2. The molecule has 12 aromatic rings. The number of carbonyl (C=O) groups is 4. The van der Waals surface area contributed by atoms with E-state index in [0.29, 0.717) is 78.7 Å². The van der Waals surface area contributed by atoms with Gasteiger partial charge in [-0.2, -0.15) is 0 Å². The molecule has 0 atom stereocenters. The second-order valence-electron chi connectivity index (χ2n) is 27.4. The van der Waals surface area contributed by atoms with E-state index in [2.05, 4.69) is 26.6 Å². The van der Waals surface area contributed by atoms with E-state index in [0.717, 1.165) is 28.7 Å². The third-order valence-electron chi connectivity index (χ3n) is 18.4. The molecule has 1 aliphatic carbocycles. The van der Waals surface area contributed by atoms with Gasteiger partial charge in [0.2, 0.25) is 0 Å². The van der Waals surface area contributed by atoms with Crippen molar-refractivity contribution in [2.75, 3.05) is 61.7 Å². The predicted molar refractivity (Wildman–Crippen MR) is 449 cm³/mol. The van der Waals surface area contributed by atoms with Gasteiger partial charge in [-0.15, -0.1) is 0 Å². The van der Waals surface area contributed by atoms with Gasteiger partial charge in [0.25, 0.3) is 51.9 Å². The maximum absolute atomic E-state index is 14.5. The lowest BCUT2D eigenvalue weighted by atomic mass is 10.1. The van der Waals surface area contributed by atoms with Crippen LogP contribution in [0.5, 0.6) is 23.0 Å². The highest BCUT2D eigenvalue weighted by atomic mass is 32.2. The Morgan fingerprint density at radius 1 is 0.364 bits per heavy atom. The van der Waals surface area contributed by atoms with Crippen molar-refractivity contribution in [3.8, 4) is 68.0 Å². The van der Waals surface area contributed by atoms with Gasteiger partial charge in [-0.1, -0.05) is 73.7 Å². The molecule has 7 N–H and O–H groups in total. The molecule has 1 saturated carbocycles. The average molecular weight is 1740 g/mol. The van der Waals surface area contributed by atoms with Gasteiger partial charge in [-0.3, -0.25) is 19.2 Å². The number of nitrogens with two attached hydrogens (primary N) is 1. The van der Waals surface area contributed by atoms with Crippen LogP contribution in [0.1, 0.15) is 54.9 Å². The van der Waals surface area contributed by atoms with Crippen LogP contribution in [0.25, 0.3) is 45.0 Å². The number of ketones is 2. The van der Waals surface area contributed by atoms with Crippen LogP contribution in [0.15, 0.2) is 263 Å². The Morgan fingerprint density at radius 3 is 0.950 bits per heavy atom. The van der Waals surface area contributed by atoms with Crippen molar-refractivity contribution in [1.29, 1.82) is 0 Å². The Morgan fingerprint density at radius 2 is 0.661 bits per heavy atom. The third kappa shape index (κ3) is 23.4. The molecule has 8 aromatic carbocycles. The van der Waals surface area contributed by atoms with Gasteiger partial charge in [0.05, 0.1) is 42.4 Å². The third-order valence-corrected chi connectivity index (χ3v) is 25.1. The van der Waals surface area contributed by atoms with Gasteiger partial charge in [0.15, 0.2) is 24.8 Å². The van der Waals surface area contributed by atoms with Crippen LogP contribution in [0.4, 0.5) is 17.6 Å². The van der Waals surface area contributed by atoms with E-state index in [9.17, 15) is 70.4 Å². The summed E-state index contributed by atoms with van der Waals surface area (Å²) in [4.78, 5) is 45.6. The number of likely N-dealkylation sites (N-methyl/N-ethyl adjacent to an activating group) is 1. The molecule has 1 fully saturated rings. The first-order chi connectivity index (χ1) is 57.9. The number of nitrogens with zero attached hydrogens (tertiary/aromatic N) is 4. The van der Waals surface area contributed by atoms with Crippen molar-refractivity contribution < 1.29 is 89.4 Å². The number of carbonyl (C=O) groups excluding carboxylic acids is 4. The summed E-state index contributed by atoms with van der Waals surface area (Å²) in [6.07, 6.45) is 8.88. The highest BCUT2D eigenvalue weighted by Gasteiger charge is 2.30. The standard InChI is InChI=1S/C24H25FN2O4S.C22H23FN2O4S.C21H22FN3O4S.C20H20FN3O4S/c1-26-14-18-12-24(22-7-2-3-8-23(22)25)27(15-18)32(29,30)21-6-4-5-20(13-21)31-16-19(28)11-17-9-10-17;1-3-17(26)15-29-18-7-6-8-19(12-18)30(27,28)25-14-16(13-24-2)11-22(25)20-9-4-5-10-21(20)23;1-23-12-15-11-20(18-5-3-4-6-19(18)22)25(13-15)30(27,28)17-9-7-16(8-10-17)29-14-21(26)24-2;1-23-11-14-9-19(17-7-2-3-8-18(17)21)24(12-14)29(26,27)16-6-4-5-15(10-16)28-13-20(22)25/h2-8,12-13,15,17,26H,9-11,14,16H2,1H3;4-12,14,24H,3,13,15H2,1-2H3;3-11,13,23H,12,14H2,1-2H3,(H,24,26);2-10,12,23H,11,13H2,1H3,(H2,22,25). The summed E-state index contributed by atoms with van der Waals surface area (Å²) < 4.78 is 191. The lowest BCUT2D eigenvalue weighted by molar-refractivity contribution is -0.123. The second-order valence-corrected chi connectivity index (χ2v) is 34.7. The summed E-state index contributed by atoms with van der Waals surface area (Å²) in [6, 6.07) is 54.0. The number of hydrogen-bond donors (Lipinski definition) is 6. The zero-order valence-electron chi connectivity index (χ0n) is 66.7. The van der Waals surface area contributed by atoms with Crippen LogP contribution in [-0.4, -0.2) is 135 Å². The molecule has 1 aliphatic rings. The maximum atomic E-state index is 14.5. The molecule has 0 aliphatic heterocycles. The molecule has 0 unspecified atom stereocenters. The number of nitrogens with one attached hydrogen (secondary N) is 5. The monoisotopic (exact) mass is 1730 g/mol. The van der Waals surface area contributed by atoms with Gasteiger partial charge in [-0.05, 0) is 203 Å². The largest absolute Gasteiger partial charge is 0.486 e. The van der Waals surface area contributed by atoms with E-state index < -0.39 is 69.3 Å². The summed E-state index contributed by atoms with van der Waals surface area (Å²) in [7, 11) is -7.69. The van der Waals surface area contributed by atoms with Gasteiger partial charge < -0.3 is 51.3 Å². The molecule has 0 saturated heterocycles. The fraction of sp³-hybridized carbons (Fsp3) is 0.218. The van der Waals surface area contributed by atoms with E-state index in [1.807, 2.05) is 0 Å². The number of benzene rings is 8. The van der Waals surface area contributed by atoms with E-state index >= 15 is 0 Å². The van der Waals surface area contributed by atoms with Crippen LogP contribution >= 0.6 is 0 Å². The molecule has 26 nitrogen and oxygen atoms in total. The molecular formula is C87H90F4N10O16S4. The van der Waals surface area contributed by atoms with E-state index in [4.69, 9.17) is 24.7 Å². The number of rotatable bonds is 35. The molecule has 0 radical (unpaired) electrons. The highest BCUT2D eigenvalue weighted by Crippen LogP contribution is 2.37. The van der Waals surface area contributed by atoms with Gasteiger partial charge in [0.1, 0.15) is 59.5 Å². The molecule has 34 heteroatoms. The lowest BCUT2D eigenvalue weighted by Crippen LogP contribution is -2.24. The van der Waals surface area contributed by atoms with Crippen LogP contribution in [0.3, 0.4) is 0 Å². The topological polar surface area (TPSA) is 348 Å². The van der Waals surface area contributed by atoms with Crippen LogP contribution in [-0.2, 0) is 85.5 Å². The van der Waals surface area contributed by atoms with Crippen molar-refractivity contribution in [2.45, 2.75) is 78.4 Å². The van der Waals surface area contributed by atoms with Crippen LogP contribution < -0.4 is 51.3 Å². The summed E-state index contributed by atoms with van der Waals surface area (Å²) in [5.41, 5.74) is 9.46. The molecule has 121 heavy (non-hydrogen) atoms. The Hall–Kier alpha value is -12.3. The van der Waals surface area contributed by atoms with Crippen LogP contribution in [0, 0.1) is 29.2 Å². The number of ether oxygens (including phenoxy) is 4. The molecule has 4 aromatic heterocycles. The second kappa shape index (κ2) is 41.6. The maximum Gasteiger partial charge on any atom is 0.268 e. The van der Waals surface area contributed by atoms with E-state index in [1.165, 1.54) is 153 Å². The zero-order valence-corrected chi connectivity index (χ0v) is 70.0. The van der Waals surface area contributed by atoms with E-state index in [-0.39, 0.29) is 120 Å². The normalized spacial score (nSPS) is 12.0. The van der Waals surface area contributed by atoms with Crippen molar-refractivity contribution in [2.24, 2.45) is 11.7 Å². The number of Topliss-reactive ketones (excluding diaryl/α,β-unsaturated/α-hetero) is 2. The average Bonchev–Trinajstić information content (AvgIpc) is 1.67. The number of amides is 2. The van der Waals surface area contributed by atoms with Gasteiger partial charge >= 0.3 is 0 Å². The molecule has 4 heterocycles. The predicted octanol–water partition coefficient (Wildman–Crippen LogP) is 12.1. The van der Waals surface area contributed by atoms with Crippen molar-refractivity contribution in [3.63, 3.8) is 0 Å². The Balaban J connectivity index is 0.000000169. The summed E-state index contributed by atoms with van der Waals surface area (Å²) in [5, 5.41) is 14.3. The SMILES string of the molecule is CCC(=O)COc1cccc(S(=O)(=O)n2cc(CNC)cc2-c2ccccc2F)c1.CNCc1cc(-c2ccccc2F)n(S(=O)(=O)c2ccc(OCC(=O)NC)cc2)c1.CNCc1cc(-c2ccccc2F)n(S(=O)(=O)c2cccc(OCC(=O)CC3CC3)c2)c1.CNCc1cc(-c2ccccc2F)n(S(=O)(=O)c2cccc(OCC(N)=O)c2)c1. The quantitative estimate of drug-likeness (QED) is 0.0201. The number of halogens is 4. The molecule has 2 amide bonds. The first-order valence-corrected chi connectivity index (χ1v) is 43.6. The van der Waals surface area contributed by atoms with Crippen LogP contribution in [0.2, 0.25) is 0 Å². The van der Waals surface area contributed by atoms with Gasteiger partial charge in [0, 0.05) is 111 Å². The van der Waals surface area contributed by atoms with Crippen molar-refractivity contribution in [3.05, 3.63) is 289 Å². The number of aromatic nitrogens is 4. The minimum Gasteiger partial charge on any atom is -0.486 e. The Kier molecular flexibility index (Phi) is 31.3. The molecule has 0 spiro atoms. The first-order valence-electron chi connectivity index (χ1n) is 37.8. The summed E-state index contributed by atoms with van der Waals surface area (Å²) >= 11 is 0. The summed E-state index contributed by atoms with van der Waals surface area (Å²) in [6.45, 7) is 2.65. The number of hydrogen-bond acceptors (Lipinski definition) is 20. The van der Waals surface area contributed by atoms with Crippen molar-refractivity contribution >= 4 is 63.5 Å². The molecular weight excluding hydrogens is 1650 g/mol.